The van der Waals surface area contributed by atoms with Crippen molar-refractivity contribution >= 4 is 10.0 Å². The average molecular weight is 397 g/mol. The summed E-state index contributed by atoms with van der Waals surface area (Å²) in [5, 5.41) is 4.75. The number of rotatable bonds is 4. The lowest BCUT2D eigenvalue weighted by Crippen LogP contribution is -2.27. The molecule has 9 heteroatoms. The zero-order chi connectivity index (χ0) is 19.0. The standard InChI is InChI=1S/C18H18F3N3O2S/c19-18(20,21)12-3-7-14(8-4-12)27(25,26)23-9-15-16(10-23)24(13-5-6-13)22-17(15)11-1-2-11/h3-4,7-8,11,13H,1-2,5-6,9-10H2. The number of aromatic nitrogens is 2. The van der Waals surface area contributed by atoms with Gasteiger partial charge in [-0.2, -0.15) is 22.6 Å². The fourth-order valence-corrected chi connectivity index (χ4v) is 5.07. The van der Waals surface area contributed by atoms with Crippen LogP contribution in [0.2, 0.25) is 0 Å². The molecule has 3 aliphatic rings. The number of fused-ring (bicyclic) bond motifs is 1. The third-order valence-corrected chi connectivity index (χ3v) is 7.29. The third-order valence-electron chi connectivity index (χ3n) is 5.49. The number of nitrogens with zero attached hydrogens (tertiary/aromatic N) is 3. The van der Waals surface area contributed by atoms with E-state index in [1.807, 2.05) is 4.68 Å². The van der Waals surface area contributed by atoms with E-state index in [1.165, 1.54) is 4.31 Å². The molecular weight excluding hydrogens is 379 g/mol. The fourth-order valence-electron chi connectivity index (χ4n) is 3.70. The largest absolute Gasteiger partial charge is 0.416 e. The number of sulfonamides is 1. The number of alkyl halides is 3. The summed E-state index contributed by atoms with van der Waals surface area (Å²) in [6.45, 7) is 0.478. The quantitative estimate of drug-likeness (QED) is 0.788. The highest BCUT2D eigenvalue weighted by molar-refractivity contribution is 7.89. The highest BCUT2D eigenvalue weighted by atomic mass is 32.2. The Balaban J connectivity index is 1.45. The highest BCUT2D eigenvalue weighted by Crippen LogP contribution is 2.47. The first-order valence-corrected chi connectivity index (χ1v) is 10.5. The fraction of sp³-hybridized carbons (Fsp3) is 0.500. The van der Waals surface area contributed by atoms with Crippen LogP contribution in [-0.2, 0) is 29.3 Å². The summed E-state index contributed by atoms with van der Waals surface area (Å²) in [5.74, 6) is 0.424. The zero-order valence-corrected chi connectivity index (χ0v) is 15.2. The van der Waals surface area contributed by atoms with Gasteiger partial charge in [-0.1, -0.05) is 0 Å². The highest BCUT2D eigenvalue weighted by Gasteiger charge is 2.42. The monoisotopic (exact) mass is 397 g/mol. The predicted octanol–water partition coefficient (Wildman–Crippen LogP) is 3.82. The Morgan fingerprint density at radius 3 is 2.22 bits per heavy atom. The van der Waals surface area contributed by atoms with Gasteiger partial charge in [-0.05, 0) is 49.9 Å². The van der Waals surface area contributed by atoms with Crippen molar-refractivity contribution in [3.8, 4) is 0 Å². The molecule has 5 nitrogen and oxygen atoms in total. The lowest BCUT2D eigenvalue weighted by atomic mass is 10.1. The van der Waals surface area contributed by atoms with Crippen LogP contribution in [0.1, 0.15) is 60.2 Å². The van der Waals surface area contributed by atoms with Crippen molar-refractivity contribution in [3.63, 3.8) is 0 Å². The van der Waals surface area contributed by atoms with Crippen molar-refractivity contribution in [3.05, 3.63) is 46.8 Å². The Morgan fingerprint density at radius 2 is 1.67 bits per heavy atom. The maximum Gasteiger partial charge on any atom is 0.416 e. The molecular formula is C18H18F3N3O2S. The Kier molecular flexibility index (Phi) is 3.56. The molecule has 2 fully saturated rings. The van der Waals surface area contributed by atoms with Crippen molar-refractivity contribution in [2.75, 3.05) is 0 Å². The molecule has 2 saturated carbocycles. The van der Waals surface area contributed by atoms with Crippen molar-refractivity contribution in [1.82, 2.24) is 14.1 Å². The number of halogens is 3. The molecule has 0 bridgehead atoms. The molecule has 0 N–H and O–H groups in total. The van der Waals surface area contributed by atoms with Crippen LogP contribution in [-0.4, -0.2) is 22.5 Å². The van der Waals surface area contributed by atoms with E-state index in [0.29, 0.717) is 12.0 Å². The smallest absolute Gasteiger partial charge is 0.265 e. The van der Waals surface area contributed by atoms with Gasteiger partial charge in [0.15, 0.2) is 0 Å². The normalized spacial score (nSPS) is 20.9. The minimum atomic E-state index is -4.49. The van der Waals surface area contributed by atoms with Crippen molar-refractivity contribution in [2.24, 2.45) is 0 Å². The lowest BCUT2D eigenvalue weighted by molar-refractivity contribution is -0.137. The van der Waals surface area contributed by atoms with Gasteiger partial charge in [-0.3, -0.25) is 4.68 Å². The summed E-state index contributed by atoms with van der Waals surface area (Å²) < 4.78 is 67.5. The van der Waals surface area contributed by atoms with Gasteiger partial charge in [0, 0.05) is 18.0 Å². The molecule has 1 aliphatic heterocycles. The van der Waals surface area contributed by atoms with Crippen LogP contribution in [0.3, 0.4) is 0 Å². The molecule has 1 aromatic carbocycles. The van der Waals surface area contributed by atoms with Gasteiger partial charge >= 0.3 is 6.18 Å². The molecule has 0 spiro atoms. The summed E-state index contributed by atoms with van der Waals surface area (Å²) >= 11 is 0. The predicted molar refractivity (Wildman–Crippen MR) is 90.3 cm³/mol. The van der Waals surface area contributed by atoms with Gasteiger partial charge in [0.25, 0.3) is 0 Å². The van der Waals surface area contributed by atoms with Crippen LogP contribution in [0.25, 0.3) is 0 Å². The summed E-state index contributed by atoms with van der Waals surface area (Å²) in [5.41, 5.74) is 2.11. The van der Waals surface area contributed by atoms with Crippen LogP contribution in [0.4, 0.5) is 13.2 Å². The molecule has 0 unspecified atom stereocenters. The van der Waals surface area contributed by atoms with Gasteiger partial charge in [0.2, 0.25) is 10.0 Å². The summed E-state index contributed by atoms with van der Waals surface area (Å²) in [7, 11) is -3.86. The van der Waals surface area contributed by atoms with Crippen LogP contribution < -0.4 is 0 Å². The zero-order valence-electron chi connectivity index (χ0n) is 14.4. The van der Waals surface area contributed by atoms with E-state index in [2.05, 4.69) is 0 Å². The second-order valence-corrected chi connectivity index (χ2v) is 9.49. The van der Waals surface area contributed by atoms with Crippen LogP contribution >= 0.6 is 0 Å². The van der Waals surface area contributed by atoms with E-state index in [9.17, 15) is 21.6 Å². The Hall–Kier alpha value is -1.87. The third kappa shape index (κ3) is 2.87. The second kappa shape index (κ2) is 5.57. The first-order valence-electron chi connectivity index (χ1n) is 9.02. The van der Waals surface area contributed by atoms with E-state index in [-0.39, 0.29) is 18.0 Å². The maximum absolute atomic E-state index is 13.0. The molecule has 0 radical (unpaired) electrons. The molecule has 2 heterocycles. The minimum Gasteiger partial charge on any atom is -0.265 e. The first-order chi connectivity index (χ1) is 12.7. The molecule has 144 valence electrons. The Labute approximate surface area is 154 Å². The first kappa shape index (κ1) is 17.2. The lowest BCUT2D eigenvalue weighted by Gasteiger charge is -2.17. The molecule has 0 atom stereocenters. The summed E-state index contributed by atoms with van der Waals surface area (Å²) in [6, 6.07) is 4.07. The van der Waals surface area contributed by atoms with Crippen LogP contribution in [0.15, 0.2) is 29.2 Å². The van der Waals surface area contributed by atoms with Gasteiger partial charge in [0.05, 0.1) is 34.4 Å². The van der Waals surface area contributed by atoms with E-state index >= 15 is 0 Å². The minimum absolute atomic E-state index is 0.112. The molecule has 27 heavy (non-hydrogen) atoms. The van der Waals surface area contributed by atoms with Gasteiger partial charge < -0.3 is 0 Å². The van der Waals surface area contributed by atoms with Crippen molar-refractivity contribution in [1.29, 1.82) is 0 Å². The van der Waals surface area contributed by atoms with Gasteiger partial charge in [-0.25, -0.2) is 8.42 Å². The van der Waals surface area contributed by atoms with Crippen molar-refractivity contribution < 1.29 is 21.6 Å². The number of hydrogen-bond donors (Lipinski definition) is 0. The number of benzene rings is 1. The van der Waals surface area contributed by atoms with Crippen LogP contribution in [0.5, 0.6) is 0 Å². The Morgan fingerprint density at radius 1 is 1.00 bits per heavy atom. The van der Waals surface area contributed by atoms with E-state index in [4.69, 9.17) is 5.10 Å². The van der Waals surface area contributed by atoms with Crippen molar-refractivity contribution in [2.45, 2.75) is 61.8 Å². The summed E-state index contributed by atoms with van der Waals surface area (Å²) in [6.07, 6.45) is -0.202. The summed E-state index contributed by atoms with van der Waals surface area (Å²) in [4.78, 5) is -0.112. The molecule has 2 aromatic rings. The molecule has 5 rings (SSSR count). The molecule has 1 aromatic heterocycles. The van der Waals surface area contributed by atoms with Crippen LogP contribution in [0, 0.1) is 0 Å². The second-order valence-electron chi connectivity index (χ2n) is 7.56. The Bertz CT molecular complexity index is 967. The SMILES string of the molecule is O=S(=O)(c1ccc(C(F)(F)F)cc1)N1Cc2c(C3CC3)nn(C3CC3)c2C1. The topological polar surface area (TPSA) is 55.2 Å². The number of hydrogen-bond acceptors (Lipinski definition) is 3. The van der Waals surface area contributed by atoms with Gasteiger partial charge in [-0.15, -0.1) is 0 Å². The van der Waals surface area contributed by atoms with Gasteiger partial charge in [0.1, 0.15) is 0 Å². The average Bonchev–Trinajstić information content (AvgIpc) is 3.53. The maximum atomic E-state index is 13.0. The van der Waals surface area contributed by atoms with E-state index < -0.39 is 21.8 Å². The van der Waals surface area contributed by atoms with E-state index in [0.717, 1.165) is 66.9 Å². The molecule has 2 aliphatic carbocycles. The van der Waals surface area contributed by atoms with E-state index in [1.54, 1.807) is 0 Å². The molecule has 0 saturated heterocycles. The molecule has 0 amide bonds.